The quantitative estimate of drug-likeness (QED) is 0.0526. The molecule has 5 aromatic rings. The lowest BCUT2D eigenvalue weighted by Gasteiger charge is -2.19. The van der Waals surface area contributed by atoms with E-state index in [2.05, 4.69) is 100 Å². The molecule has 0 aliphatic rings. The number of nitro groups is 5. The van der Waals surface area contributed by atoms with Crippen molar-refractivity contribution in [2.24, 2.45) is 5.41 Å². The number of hydrogen-bond acceptors (Lipinski definition) is 26. The minimum atomic E-state index is -0.539. The molecule has 0 radical (unpaired) electrons. The molecule has 0 aliphatic carbocycles. The first-order valence-corrected chi connectivity index (χ1v) is 26.1. The van der Waals surface area contributed by atoms with Crippen LogP contribution < -0.4 is 30.4 Å². The number of anilines is 2. The molecule has 0 spiro atoms. The molecule has 0 saturated heterocycles. The summed E-state index contributed by atoms with van der Waals surface area (Å²) in [7, 11) is 19.7. The zero-order valence-corrected chi connectivity index (χ0v) is 54.7. The lowest BCUT2D eigenvalue weighted by atomic mass is 10.0. The highest BCUT2D eigenvalue weighted by atomic mass is 79.9. The fourth-order valence-corrected chi connectivity index (χ4v) is 6.60. The maximum absolute atomic E-state index is 11.1. The standard InChI is InChI=1S/C11H15N3O4.C10H12BrN3O3.C7H7BrN2O3.C6H6BrN3O2.C6H7N3O2.C5H13NO2.C5H12/c1-13(2)6-5-8-9(17-3)7-12-11(18-4)10(8)14(15)16;1-13(2)5-4-7-8(11)6-12-10(17-3)9(7)14(15)16;1-4-5(8)3-9-7(13-2)6(4)10(11)12;1-3-4(7)2-9-6(8)5(3)10(11)12;1-4-2-3-8-6(7)5(4)9(10)11;1-6(2)5(7-3)8-4;1-5(2,3)4/h5-7H,1-4H3;4-6H,1-3H3;3H,1-2H3;2H,1H3,(H2,8,9);2-3H,1H3,(H2,7,8);5H,1-4H3;1-4H3/b6-5+;5-4+;;;;;. The number of rotatable bonds is 16. The first kappa shape index (κ1) is 78.0. The third-order valence-electron chi connectivity index (χ3n) is 9.29. The zero-order valence-electron chi connectivity index (χ0n) is 50.0. The summed E-state index contributed by atoms with van der Waals surface area (Å²) in [6.45, 7) is 13.6. The molecule has 0 saturated carbocycles. The lowest BCUT2D eigenvalue weighted by Crippen LogP contribution is -2.30. The van der Waals surface area contributed by atoms with Gasteiger partial charge in [-0.2, -0.15) is 0 Å². The largest absolute Gasteiger partial charge is 0.494 e. The van der Waals surface area contributed by atoms with Gasteiger partial charge < -0.3 is 49.7 Å². The zero-order chi connectivity index (χ0) is 65.5. The van der Waals surface area contributed by atoms with Crippen LogP contribution in [0.15, 0.2) is 62.9 Å². The van der Waals surface area contributed by atoms with E-state index < -0.39 is 24.6 Å². The van der Waals surface area contributed by atoms with Crippen LogP contribution >= 0.6 is 47.8 Å². The number of aromatic nitrogens is 5. The van der Waals surface area contributed by atoms with Crippen LogP contribution in [-0.2, 0) is 9.47 Å². The molecular formula is C50H72Br3N15O16. The summed E-state index contributed by atoms with van der Waals surface area (Å²) in [5, 5.41) is 53.5. The predicted octanol–water partition coefficient (Wildman–Crippen LogP) is 10.6. The van der Waals surface area contributed by atoms with Crippen molar-refractivity contribution in [3.63, 3.8) is 0 Å². The predicted molar refractivity (Wildman–Crippen MR) is 329 cm³/mol. The van der Waals surface area contributed by atoms with Gasteiger partial charge in [0.15, 0.2) is 5.75 Å². The van der Waals surface area contributed by atoms with Gasteiger partial charge in [0.1, 0.15) is 5.56 Å². The fraction of sp³-hybridized carbons (Fsp3) is 0.420. The summed E-state index contributed by atoms with van der Waals surface area (Å²) in [5.41, 5.74) is 12.7. The molecule has 31 nitrogen and oxygen atoms in total. The van der Waals surface area contributed by atoms with E-state index in [-0.39, 0.29) is 64.1 Å². The average molecular weight is 1380 g/mol. The van der Waals surface area contributed by atoms with Crippen molar-refractivity contribution in [3.8, 4) is 23.4 Å². The number of nitrogens with two attached hydrogens (primary N) is 2. The van der Waals surface area contributed by atoms with Crippen molar-refractivity contribution in [1.82, 2.24) is 39.6 Å². The van der Waals surface area contributed by atoms with Crippen molar-refractivity contribution >= 4 is 100 Å². The number of methoxy groups -OCH3 is 6. The number of pyridine rings is 5. The number of aryl methyl sites for hydroxylation is 1. The van der Waals surface area contributed by atoms with Crippen molar-refractivity contribution in [2.45, 2.75) is 54.9 Å². The maximum atomic E-state index is 11.1. The topological polar surface area (TPSA) is 397 Å². The van der Waals surface area contributed by atoms with Gasteiger partial charge in [0.25, 0.3) is 17.6 Å². The van der Waals surface area contributed by atoms with E-state index in [1.165, 1.54) is 59.4 Å². The summed E-state index contributed by atoms with van der Waals surface area (Å²) >= 11 is 9.52. The first-order chi connectivity index (χ1) is 38.9. The molecule has 4 N–H and O–H groups in total. The van der Waals surface area contributed by atoms with Gasteiger partial charge in [-0.05, 0) is 119 Å². The normalized spacial score (nSPS) is 10.3. The van der Waals surface area contributed by atoms with Gasteiger partial charge in [-0.15, -0.1) is 0 Å². The highest BCUT2D eigenvalue weighted by molar-refractivity contribution is 9.11. The molecule has 0 aromatic carbocycles. The van der Waals surface area contributed by atoms with Crippen molar-refractivity contribution in [1.29, 1.82) is 0 Å². The Morgan fingerprint density at radius 2 is 0.857 bits per heavy atom. The molecule has 464 valence electrons. The van der Waals surface area contributed by atoms with E-state index >= 15 is 0 Å². The van der Waals surface area contributed by atoms with Gasteiger partial charge >= 0.3 is 28.4 Å². The van der Waals surface area contributed by atoms with Crippen LogP contribution in [0.3, 0.4) is 0 Å². The smallest absolute Gasteiger partial charge is 0.341 e. The fourth-order valence-electron chi connectivity index (χ4n) is 5.59. The summed E-state index contributed by atoms with van der Waals surface area (Å²) < 4.78 is 31.1. The van der Waals surface area contributed by atoms with Crippen LogP contribution in [0.4, 0.5) is 40.1 Å². The molecule has 84 heavy (non-hydrogen) atoms. The van der Waals surface area contributed by atoms with Gasteiger partial charge in [0, 0.05) is 92.8 Å². The highest BCUT2D eigenvalue weighted by Gasteiger charge is 2.26. The monoisotopic (exact) mass is 1380 g/mol. The molecule has 0 aliphatic heterocycles. The van der Waals surface area contributed by atoms with Crippen LogP contribution in [0.1, 0.15) is 55.5 Å². The van der Waals surface area contributed by atoms with Gasteiger partial charge in [0.2, 0.25) is 18.0 Å². The first-order valence-electron chi connectivity index (χ1n) is 23.7. The summed E-state index contributed by atoms with van der Waals surface area (Å²) in [5.74, 6) is 0.220. The molecule has 5 heterocycles. The molecule has 34 heteroatoms. The minimum absolute atomic E-state index is 0.00314. The van der Waals surface area contributed by atoms with Crippen LogP contribution in [0.2, 0.25) is 0 Å². The third-order valence-corrected chi connectivity index (χ3v) is 11.5. The number of nitrogens with zero attached hydrogens (tertiary/aromatic N) is 13. The SMILES string of the molecule is CC(C)(C)C.COC(OC)N(C)C.COc1cnc(OC)c([N+](=O)[O-])c1/C=C/N(C)C.COc1ncc(Br)c(/C=C/N(C)C)c1[N+](=O)[O-].COc1ncc(Br)c(C)c1[N+](=O)[O-].Cc1c(Br)cnc(N)c1[N+](=O)[O-].Cc1ccnc(N)c1[N+](=O)[O-]. The molecule has 0 amide bonds. The van der Waals surface area contributed by atoms with Crippen molar-refractivity contribution < 1.29 is 53.0 Å². The third kappa shape index (κ3) is 27.4. The van der Waals surface area contributed by atoms with Crippen molar-refractivity contribution in [2.75, 3.05) is 96.4 Å². The van der Waals surface area contributed by atoms with Crippen LogP contribution in [0.25, 0.3) is 12.2 Å². The Morgan fingerprint density at radius 3 is 1.18 bits per heavy atom. The molecule has 0 unspecified atom stereocenters. The molecule has 0 atom stereocenters. The Morgan fingerprint density at radius 1 is 0.512 bits per heavy atom. The summed E-state index contributed by atoms with van der Waals surface area (Å²) in [4.78, 5) is 75.0. The Balaban J connectivity index is 0. The van der Waals surface area contributed by atoms with Gasteiger partial charge in [-0.1, -0.05) is 27.7 Å². The number of ether oxygens (including phenoxy) is 6. The van der Waals surface area contributed by atoms with E-state index in [4.69, 9.17) is 39.9 Å². The Bertz CT molecular complexity index is 3010. The van der Waals surface area contributed by atoms with Gasteiger partial charge in [-0.3, -0.25) is 55.5 Å². The number of hydrogen-bond donors (Lipinski definition) is 2. The average Bonchev–Trinajstić information content (AvgIpc) is 3.58. The van der Waals surface area contributed by atoms with E-state index in [0.29, 0.717) is 52.4 Å². The molecule has 5 rings (SSSR count). The number of halogens is 3. The molecule has 0 fully saturated rings. The van der Waals surface area contributed by atoms with E-state index in [9.17, 15) is 50.6 Å². The lowest BCUT2D eigenvalue weighted by molar-refractivity contribution is -0.386. The highest BCUT2D eigenvalue weighted by Crippen LogP contribution is 2.37. The van der Waals surface area contributed by atoms with E-state index in [1.807, 2.05) is 47.2 Å². The summed E-state index contributed by atoms with van der Waals surface area (Å²) in [6, 6.07) is 1.55. The molecule has 5 aromatic heterocycles. The van der Waals surface area contributed by atoms with Crippen LogP contribution in [0, 0.1) is 76.8 Å². The number of nitrogen functional groups attached to an aromatic ring is 2. The minimum Gasteiger partial charge on any atom is -0.494 e. The second kappa shape index (κ2) is 38.7. The Hall–Kier alpha value is -8.05. The second-order valence-electron chi connectivity index (χ2n) is 18.5. The second-order valence-corrected chi connectivity index (χ2v) is 21.0. The van der Waals surface area contributed by atoms with E-state index in [1.54, 1.807) is 75.4 Å². The van der Waals surface area contributed by atoms with E-state index in [0.717, 1.165) is 0 Å². The van der Waals surface area contributed by atoms with Crippen molar-refractivity contribution in [3.05, 3.63) is 141 Å². The maximum Gasteiger partial charge on any atom is 0.341 e. The van der Waals surface area contributed by atoms with Crippen LogP contribution in [-0.4, -0.2) is 156 Å². The van der Waals surface area contributed by atoms with Crippen LogP contribution in [0.5, 0.6) is 23.4 Å². The molecule has 0 bridgehead atoms. The Labute approximate surface area is 511 Å². The van der Waals surface area contributed by atoms with Gasteiger partial charge in [0.05, 0.1) is 69.3 Å². The molecular weight excluding hydrogens is 1310 g/mol. The van der Waals surface area contributed by atoms with Gasteiger partial charge in [-0.25, -0.2) is 24.9 Å². The Kier molecular flexibility index (Phi) is 35.9. The summed E-state index contributed by atoms with van der Waals surface area (Å²) in [6.07, 6.45) is 13.6.